The zero-order valence-electron chi connectivity index (χ0n) is 15.7. The Bertz CT molecular complexity index is 955. The summed E-state index contributed by atoms with van der Waals surface area (Å²) in [5, 5.41) is 0. The molecule has 3 aromatic rings. The quantitative estimate of drug-likeness (QED) is 0.498. The average molecular weight is 351 g/mol. The van der Waals surface area contributed by atoms with Gasteiger partial charge in [-0.1, -0.05) is 6.92 Å². The van der Waals surface area contributed by atoms with Crippen molar-refractivity contribution in [3.05, 3.63) is 82.7 Å². The van der Waals surface area contributed by atoms with Gasteiger partial charge in [-0.15, -0.1) is 0 Å². The smallest absolute Gasteiger partial charge is 0.229 e. The van der Waals surface area contributed by atoms with Crippen molar-refractivity contribution in [2.75, 3.05) is 0 Å². The van der Waals surface area contributed by atoms with Crippen LogP contribution < -0.4 is 4.57 Å². The van der Waals surface area contributed by atoms with Crippen molar-refractivity contribution >= 4 is 5.78 Å². The fourth-order valence-corrected chi connectivity index (χ4v) is 3.32. The second-order valence-corrected chi connectivity index (χ2v) is 6.68. The highest BCUT2D eigenvalue weighted by Crippen LogP contribution is 2.21. The predicted octanol–water partition coefficient (Wildman–Crippen LogP) is 4.27. The van der Waals surface area contributed by atoms with Crippen LogP contribution in [0.2, 0.25) is 0 Å². The molecular weight excluding hydrogens is 327 g/mol. The number of halogens is 1. The third kappa shape index (κ3) is 3.45. The van der Waals surface area contributed by atoms with Gasteiger partial charge in [-0.3, -0.25) is 4.79 Å². The first-order valence-electron chi connectivity index (χ1n) is 8.87. The van der Waals surface area contributed by atoms with E-state index in [9.17, 15) is 9.18 Å². The Morgan fingerprint density at radius 3 is 2.42 bits per heavy atom. The van der Waals surface area contributed by atoms with Gasteiger partial charge in [-0.05, 0) is 56.7 Å². The van der Waals surface area contributed by atoms with Gasteiger partial charge in [0.05, 0.1) is 0 Å². The van der Waals surface area contributed by atoms with E-state index in [1.165, 1.54) is 17.7 Å². The van der Waals surface area contributed by atoms with E-state index in [-0.39, 0.29) is 11.6 Å². The lowest BCUT2D eigenvalue weighted by atomic mass is 10.1. The molecule has 0 fully saturated rings. The maximum Gasteiger partial charge on any atom is 0.229 e. The molecule has 2 aromatic heterocycles. The summed E-state index contributed by atoms with van der Waals surface area (Å²) in [6, 6.07) is 12.4. The molecule has 0 saturated heterocycles. The normalized spacial score (nSPS) is 11.0. The SMILES string of the molecule is CCc1ccc(C)[n+](CC(=O)c2cc(C)n(-c3ccc(F)cc3)c2C)c1. The van der Waals surface area contributed by atoms with E-state index in [1.807, 2.05) is 48.2 Å². The molecular formula is C22H24FN2O+. The van der Waals surface area contributed by atoms with Gasteiger partial charge in [0.15, 0.2) is 11.9 Å². The Hall–Kier alpha value is -2.75. The number of carbonyl (C=O) groups is 1. The number of aryl methyl sites for hydroxylation is 3. The van der Waals surface area contributed by atoms with Crippen molar-refractivity contribution in [1.29, 1.82) is 0 Å². The zero-order valence-corrected chi connectivity index (χ0v) is 15.7. The molecule has 0 unspecified atom stereocenters. The second-order valence-electron chi connectivity index (χ2n) is 6.68. The molecule has 2 heterocycles. The molecule has 0 bridgehead atoms. The van der Waals surface area contributed by atoms with Crippen LogP contribution in [0.3, 0.4) is 0 Å². The molecule has 0 aliphatic carbocycles. The van der Waals surface area contributed by atoms with Crippen molar-refractivity contribution in [3.8, 4) is 5.69 Å². The molecule has 0 saturated carbocycles. The van der Waals surface area contributed by atoms with Crippen LogP contribution in [0.1, 0.15) is 39.9 Å². The van der Waals surface area contributed by atoms with Crippen LogP contribution in [0.15, 0.2) is 48.7 Å². The molecule has 0 spiro atoms. The summed E-state index contributed by atoms with van der Waals surface area (Å²) < 4.78 is 17.2. The van der Waals surface area contributed by atoms with Gasteiger partial charge in [0.25, 0.3) is 0 Å². The largest absolute Gasteiger partial charge is 0.318 e. The summed E-state index contributed by atoms with van der Waals surface area (Å²) in [7, 11) is 0. The summed E-state index contributed by atoms with van der Waals surface area (Å²) >= 11 is 0. The van der Waals surface area contributed by atoms with Crippen LogP contribution in [0, 0.1) is 26.6 Å². The minimum atomic E-state index is -0.268. The van der Waals surface area contributed by atoms with Gasteiger partial charge >= 0.3 is 0 Å². The van der Waals surface area contributed by atoms with Crippen molar-refractivity contribution in [3.63, 3.8) is 0 Å². The van der Waals surface area contributed by atoms with Gasteiger partial charge in [-0.2, -0.15) is 4.57 Å². The number of ketones is 1. The first kappa shape index (κ1) is 18.1. The first-order chi connectivity index (χ1) is 12.4. The summed E-state index contributed by atoms with van der Waals surface area (Å²) in [5.74, 6) is -0.192. The van der Waals surface area contributed by atoms with E-state index < -0.39 is 0 Å². The number of hydrogen-bond acceptors (Lipinski definition) is 1. The minimum absolute atomic E-state index is 0.0767. The maximum absolute atomic E-state index is 13.2. The monoisotopic (exact) mass is 351 g/mol. The highest BCUT2D eigenvalue weighted by molar-refractivity contribution is 5.96. The summed E-state index contributed by atoms with van der Waals surface area (Å²) in [6.45, 7) is 8.32. The van der Waals surface area contributed by atoms with Crippen LogP contribution in [0.5, 0.6) is 0 Å². The molecule has 0 N–H and O–H groups in total. The van der Waals surface area contributed by atoms with E-state index in [0.717, 1.165) is 29.2 Å². The van der Waals surface area contributed by atoms with Crippen molar-refractivity contribution in [1.82, 2.24) is 4.57 Å². The van der Waals surface area contributed by atoms with Gasteiger partial charge in [0, 0.05) is 41.2 Å². The molecule has 3 nitrogen and oxygen atoms in total. The molecule has 26 heavy (non-hydrogen) atoms. The van der Waals surface area contributed by atoms with E-state index in [2.05, 4.69) is 13.0 Å². The summed E-state index contributed by atoms with van der Waals surface area (Å²) in [4.78, 5) is 12.9. The lowest BCUT2D eigenvalue weighted by Gasteiger charge is -2.09. The molecule has 134 valence electrons. The highest BCUT2D eigenvalue weighted by atomic mass is 19.1. The lowest BCUT2D eigenvalue weighted by molar-refractivity contribution is -0.689. The van der Waals surface area contributed by atoms with Gasteiger partial charge in [0.2, 0.25) is 12.3 Å². The maximum atomic E-state index is 13.2. The van der Waals surface area contributed by atoms with E-state index in [0.29, 0.717) is 12.1 Å². The molecule has 1 aromatic carbocycles. The standard InChI is InChI=1S/C22H24FN2O/c1-5-18-7-6-15(2)24(13-18)14-22(26)21-12-16(3)25(17(21)4)20-10-8-19(23)9-11-20/h6-13H,5,14H2,1-4H3/q+1. The van der Waals surface area contributed by atoms with Crippen molar-refractivity contribution in [2.24, 2.45) is 0 Å². The number of carbonyl (C=O) groups excluding carboxylic acids is 1. The zero-order chi connectivity index (χ0) is 18.8. The van der Waals surface area contributed by atoms with Crippen molar-refractivity contribution < 1.29 is 13.8 Å². The Labute approximate surface area is 153 Å². The first-order valence-corrected chi connectivity index (χ1v) is 8.87. The highest BCUT2D eigenvalue weighted by Gasteiger charge is 2.21. The second kappa shape index (κ2) is 7.24. The number of rotatable bonds is 5. The Kier molecular flexibility index (Phi) is 5.03. The van der Waals surface area contributed by atoms with Crippen molar-refractivity contribution in [2.45, 2.75) is 40.7 Å². The summed E-state index contributed by atoms with van der Waals surface area (Å²) in [6.07, 6.45) is 2.99. The van der Waals surface area contributed by atoms with Crippen LogP contribution in [0.4, 0.5) is 4.39 Å². The average Bonchev–Trinajstić information content (AvgIpc) is 2.92. The third-order valence-electron chi connectivity index (χ3n) is 4.85. The Balaban J connectivity index is 1.94. The molecule has 0 amide bonds. The molecule has 0 atom stereocenters. The third-order valence-corrected chi connectivity index (χ3v) is 4.85. The Morgan fingerprint density at radius 2 is 1.77 bits per heavy atom. The van der Waals surface area contributed by atoms with Crippen LogP contribution in [-0.2, 0) is 13.0 Å². The van der Waals surface area contributed by atoms with Crippen LogP contribution >= 0.6 is 0 Å². The number of hydrogen-bond donors (Lipinski definition) is 0. The molecule has 0 aliphatic rings. The number of aromatic nitrogens is 2. The number of Topliss-reactive ketones (excluding diaryl/α,β-unsaturated/α-hetero) is 1. The molecule has 0 radical (unpaired) electrons. The molecule has 4 heteroatoms. The Morgan fingerprint density at radius 1 is 1.08 bits per heavy atom. The van der Waals surface area contributed by atoms with Crippen LogP contribution in [-0.4, -0.2) is 10.4 Å². The number of nitrogens with zero attached hydrogens (tertiary/aromatic N) is 2. The van der Waals surface area contributed by atoms with Gasteiger partial charge < -0.3 is 4.57 Å². The van der Waals surface area contributed by atoms with Crippen LogP contribution in [0.25, 0.3) is 5.69 Å². The van der Waals surface area contributed by atoms with Gasteiger partial charge in [-0.25, -0.2) is 4.39 Å². The van der Waals surface area contributed by atoms with Gasteiger partial charge in [0.1, 0.15) is 5.82 Å². The molecule has 0 aliphatic heterocycles. The van der Waals surface area contributed by atoms with E-state index in [1.54, 1.807) is 12.1 Å². The van der Waals surface area contributed by atoms with E-state index >= 15 is 0 Å². The summed E-state index contributed by atoms with van der Waals surface area (Å²) in [5.41, 5.74) is 5.67. The topological polar surface area (TPSA) is 25.9 Å². The fourth-order valence-electron chi connectivity index (χ4n) is 3.32. The number of benzene rings is 1. The predicted molar refractivity (Wildman–Crippen MR) is 100 cm³/mol. The number of pyridine rings is 1. The van der Waals surface area contributed by atoms with E-state index in [4.69, 9.17) is 0 Å². The molecule has 3 rings (SSSR count). The lowest BCUT2D eigenvalue weighted by Crippen LogP contribution is -2.41. The minimum Gasteiger partial charge on any atom is -0.318 e. The fraction of sp³-hybridized carbons (Fsp3) is 0.273.